The van der Waals surface area contributed by atoms with Gasteiger partial charge in [-0.15, -0.1) is 0 Å². The first-order valence-corrected chi connectivity index (χ1v) is 13.0. The number of carbonyl (C=O) groups is 1. The average molecular weight is 553 g/mol. The van der Waals surface area contributed by atoms with Crippen molar-refractivity contribution in [2.24, 2.45) is 0 Å². The van der Waals surface area contributed by atoms with Crippen LogP contribution in [0.5, 0.6) is 11.5 Å². The van der Waals surface area contributed by atoms with Crippen LogP contribution in [-0.2, 0) is 16.0 Å². The number of aromatic hydroxyl groups is 1. The van der Waals surface area contributed by atoms with E-state index >= 15 is 4.39 Å². The first-order valence-electron chi connectivity index (χ1n) is 13.0. The van der Waals surface area contributed by atoms with E-state index in [2.05, 4.69) is 0 Å². The fraction of sp³-hybridized carbons (Fsp3) is 0.357. The molecular weight excluding hydrogens is 526 g/mol. The van der Waals surface area contributed by atoms with Crippen molar-refractivity contribution in [3.8, 4) is 11.5 Å². The van der Waals surface area contributed by atoms with Crippen molar-refractivity contribution < 1.29 is 32.9 Å². The molecule has 1 fully saturated rings. The minimum Gasteiger partial charge on any atom is -0.502 e. The largest absolute Gasteiger partial charge is 0.502 e. The lowest BCUT2D eigenvalue weighted by molar-refractivity contribution is -0.0197. The lowest BCUT2D eigenvalue weighted by Gasteiger charge is -2.51. The molecule has 0 unspecified atom stereocenters. The van der Waals surface area contributed by atoms with Crippen molar-refractivity contribution in [2.45, 2.75) is 24.8 Å². The quantitative estimate of drug-likeness (QED) is 0.528. The molecule has 40 heavy (non-hydrogen) atoms. The van der Waals surface area contributed by atoms with Gasteiger partial charge < -0.3 is 29.1 Å². The van der Waals surface area contributed by atoms with E-state index in [1.165, 1.54) is 16.9 Å². The van der Waals surface area contributed by atoms with Crippen molar-refractivity contribution in [1.82, 2.24) is 9.58 Å². The summed E-state index contributed by atoms with van der Waals surface area (Å²) >= 11 is 0. The Kier molecular flexibility index (Phi) is 5.72. The Morgan fingerprint density at radius 3 is 2.75 bits per heavy atom. The van der Waals surface area contributed by atoms with Gasteiger partial charge in [-0.3, -0.25) is 19.3 Å². The SMILES string of the molecule is COC[C@H]1COc2cccc3c2N1Cc1c(ccc(F)c1F)[C@@H]3N1[C@@H]2COCCN2C(=O)c2c(O)c(=O)ccn21. The summed E-state index contributed by atoms with van der Waals surface area (Å²) in [5.74, 6) is -2.55. The van der Waals surface area contributed by atoms with Crippen LogP contribution in [0.4, 0.5) is 14.5 Å². The fourth-order valence-corrected chi connectivity index (χ4v) is 6.36. The molecule has 1 amide bonds. The van der Waals surface area contributed by atoms with Crippen LogP contribution >= 0.6 is 0 Å². The predicted octanol–water partition coefficient (Wildman–Crippen LogP) is 2.10. The Morgan fingerprint density at radius 2 is 1.93 bits per heavy atom. The first kappa shape index (κ1) is 24.9. The van der Waals surface area contributed by atoms with Gasteiger partial charge in [-0.2, -0.15) is 0 Å². The van der Waals surface area contributed by atoms with Crippen molar-refractivity contribution >= 4 is 11.6 Å². The molecule has 5 heterocycles. The van der Waals surface area contributed by atoms with E-state index in [1.54, 1.807) is 23.1 Å². The second-order valence-electron chi connectivity index (χ2n) is 10.2. The van der Waals surface area contributed by atoms with Crippen molar-refractivity contribution in [3.05, 3.63) is 86.8 Å². The zero-order chi connectivity index (χ0) is 27.7. The molecule has 2 aromatic carbocycles. The van der Waals surface area contributed by atoms with E-state index in [0.717, 1.165) is 6.07 Å². The number of morpholine rings is 1. The van der Waals surface area contributed by atoms with E-state index in [1.807, 2.05) is 23.1 Å². The number of carbonyl (C=O) groups excluding carboxylic acids is 1. The molecule has 10 nitrogen and oxygen atoms in total. The van der Waals surface area contributed by atoms with Gasteiger partial charge in [0.2, 0.25) is 5.43 Å². The summed E-state index contributed by atoms with van der Waals surface area (Å²) in [5.41, 5.74) is 1.15. The Balaban J connectivity index is 1.55. The molecule has 0 bridgehead atoms. The molecule has 3 atom stereocenters. The van der Waals surface area contributed by atoms with Gasteiger partial charge in [-0.25, -0.2) is 8.78 Å². The second kappa shape index (κ2) is 9.20. The summed E-state index contributed by atoms with van der Waals surface area (Å²) < 4.78 is 49.3. The predicted molar refractivity (Wildman–Crippen MR) is 138 cm³/mol. The molecule has 1 N–H and O–H groups in total. The summed E-state index contributed by atoms with van der Waals surface area (Å²) in [5, 5.41) is 12.6. The Hall–Kier alpha value is -4.16. The molecule has 12 heteroatoms. The van der Waals surface area contributed by atoms with Gasteiger partial charge in [0.05, 0.1) is 31.5 Å². The Labute approximate surface area is 227 Å². The van der Waals surface area contributed by atoms with Gasteiger partial charge in [-0.05, 0) is 17.7 Å². The highest BCUT2D eigenvalue weighted by molar-refractivity contribution is 5.96. The molecule has 1 saturated heterocycles. The number of halogens is 2. The Morgan fingerprint density at radius 1 is 1.07 bits per heavy atom. The highest BCUT2D eigenvalue weighted by atomic mass is 19.2. The number of para-hydroxylation sites is 1. The minimum atomic E-state index is -0.974. The van der Waals surface area contributed by atoms with Crippen LogP contribution in [0.15, 0.2) is 47.4 Å². The van der Waals surface area contributed by atoms with Crippen molar-refractivity contribution in [3.63, 3.8) is 0 Å². The lowest BCUT2D eigenvalue weighted by atomic mass is 9.92. The first-order chi connectivity index (χ1) is 19.4. The van der Waals surface area contributed by atoms with E-state index < -0.39 is 40.9 Å². The van der Waals surface area contributed by atoms with Crippen LogP contribution in [-0.4, -0.2) is 72.9 Å². The number of anilines is 1. The molecule has 0 aliphatic carbocycles. The monoisotopic (exact) mass is 552 g/mol. The maximum absolute atomic E-state index is 15.7. The minimum absolute atomic E-state index is 0.0523. The van der Waals surface area contributed by atoms with Gasteiger partial charge in [0.25, 0.3) is 5.91 Å². The average Bonchev–Trinajstić information content (AvgIpc) is 3.11. The van der Waals surface area contributed by atoms with E-state index in [4.69, 9.17) is 14.2 Å². The molecule has 1 aromatic heterocycles. The number of rotatable bonds is 3. The second-order valence-corrected chi connectivity index (χ2v) is 10.2. The number of ether oxygens (including phenoxy) is 3. The highest BCUT2D eigenvalue weighted by Gasteiger charge is 2.48. The van der Waals surface area contributed by atoms with Crippen LogP contribution in [0.1, 0.15) is 33.2 Å². The molecule has 0 spiro atoms. The third kappa shape index (κ3) is 3.45. The third-order valence-electron chi connectivity index (χ3n) is 8.14. The molecule has 0 radical (unpaired) electrons. The van der Waals surface area contributed by atoms with E-state index in [9.17, 15) is 19.1 Å². The maximum atomic E-state index is 15.7. The molecule has 4 aliphatic rings. The normalized spacial score (nSPS) is 23.0. The van der Waals surface area contributed by atoms with Crippen LogP contribution < -0.4 is 20.1 Å². The number of pyridine rings is 1. The molecule has 3 aromatic rings. The summed E-state index contributed by atoms with van der Waals surface area (Å²) in [6.07, 6.45) is 0.742. The summed E-state index contributed by atoms with van der Waals surface area (Å²) in [4.78, 5) is 29.5. The number of aromatic nitrogens is 1. The molecule has 7 rings (SSSR count). The van der Waals surface area contributed by atoms with Gasteiger partial charge in [0, 0.05) is 43.6 Å². The van der Waals surface area contributed by atoms with Crippen LogP contribution in [0.2, 0.25) is 0 Å². The fourth-order valence-electron chi connectivity index (χ4n) is 6.36. The van der Waals surface area contributed by atoms with Crippen LogP contribution in [0.25, 0.3) is 0 Å². The number of fused-ring (bicyclic) bond motifs is 3. The maximum Gasteiger partial charge on any atom is 0.278 e. The third-order valence-corrected chi connectivity index (χ3v) is 8.14. The summed E-state index contributed by atoms with van der Waals surface area (Å²) in [6, 6.07) is 8.28. The smallest absolute Gasteiger partial charge is 0.278 e. The zero-order valence-corrected chi connectivity index (χ0v) is 21.5. The molecule has 0 saturated carbocycles. The summed E-state index contributed by atoms with van der Waals surface area (Å²) in [6.45, 7) is 1.26. The Bertz CT molecular complexity index is 1600. The topological polar surface area (TPSA) is 96.7 Å². The number of hydrogen-bond donors (Lipinski definition) is 1. The van der Waals surface area contributed by atoms with E-state index in [-0.39, 0.29) is 43.6 Å². The number of benzene rings is 2. The highest BCUT2D eigenvalue weighted by Crippen LogP contribution is 2.49. The van der Waals surface area contributed by atoms with Crippen molar-refractivity contribution in [1.29, 1.82) is 0 Å². The van der Waals surface area contributed by atoms with Crippen LogP contribution in [0.3, 0.4) is 0 Å². The number of amides is 1. The van der Waals surface area contributed by atoms with Gasteiger partial charge in [0.1, 0.15) is 24.6 Å². The molecule has 4 aliphatic heterocycles. The van der Waals surface area contributed by atoms with Crippen molar-refractivity contribution in [2.75, 3.05) is 50.0 Å². The molecule has 208 valence electrons. The van der Waals surface area contributed by atoms with Gasteiger partial charge in [0.15, 0.2) is 23.1 Å². The van der Waals surface area contributed by atoms with Gasteiger partial charge in [-0.1, -0.05) is 18.2 Å². The van der Waals surface area contributed by atoms with Gasteiger partial charge >= 0.3 is 0 Å². The van der Waals surface area contributed by atoms with E-state index in [0.29, 0.717) is 35.8 Å². The number of nitrogens with zero attached hydrogens (tertiary/aromatic N) is 4. The lowest BCUT2D eigenvalue weighted by Crippen LogP contribution is -2.66. The van der Waals surface area contributed by atoms with Crippen LogP contribution in [0, 0.1) is 11.6 Å². The molecular formula is C28H26F2N4O6. The standard InChI is InChI=1S/C28H26F2N4O6/c1-38-12-15-13-40-21-4-2-3-17-24(16-5-6-19(29)23(30)18(16)11-32(15)25(17)21)34-22-14-39-10-9-31(22)28(37)26-27(36)20(35)7-8-33(26)34/h2-8,15,22,24,36H,9-14H2,1H3/t15-,22+,24-/m0/s1. The zero-order valence-electron chi connectivity index (χ0n) is 21.5. The number of hydrogen-bond acceptors (Lipinski definition) is 8. The summed E-state index contributed by atoms with van der Waals surface area (Å²) in [7, 11) is 1.57. The number of methoxy groups -OCH3 is 1.